The lowest BCUT2D eigenvalue weighted by Crippen LogP contribution is -2.24. The normalized spacial score (nSPS) is 10.8. The summed E-state index contributed by atoms with van der Waals surface area (Å²) in [6.07, 6.45) is 2.23. The van der Waals surface area contributed by atoms with E-state index in [9.17, 15) is 14.0 Å². The highest BCUT2D eigenvalue weighted by Gasteiger charge is 2.11. The molecule has 0 atom stereocenters. The lowest BCUT2D eigenvalue weighted by molar-refractivity contribution is -0.121. The van der Waals surface area contributed by atoms with Gasteiger partial charge < -0.3 is 19.5 Å². The monoisotopic (exact) mass is 491 g/mol. The summed E-state index contributed by atoms with van der Waals surface area (Å²) in [5.74, 6) is 1.67. The molecular weight excluding hydrogens is 465 g/mol. The highest BCUT2D eigenvalue weighted by atomic mass is 19.1. The number of carbonyl (C=O) groups excluding carboxylic acids is 1. The van der Waals surface area contributed by atoms with Crippen molar-refractivity contribution in [1.29, 1.82) is 0 Å². The molecule has 3 aromatic carbocycles. The number of benzene rings is 3. The van der Waals surface area contributed by atoms with E-state index in [1.165, 1.54) is 37.2 Å². The molecule has 0 unspecified atom stereocenters. The van der Waals surface area contributed by atoms with Gasteiger partial charge in [-0.05, 0) is 54.4 Å². The number of halogens is 1. The summed E-state index contributed by atoms with van der Waals surface area (Å²) in [5, 5.41) is 3.30. The van der Waals surface area contributed by atoms with Crippen molar-refractivity contribution < 1.29 is 23.4 Å². The Hall–Kier alpha value is -4.40. The topological polar surface area (TPSA) is 91.7 Å². The fourth-order valence-electron chi connectivity index (χ4n) is 3.66. The lowest BCUT2D eigenvalue weighted by atomic mass is 10.2. The molecule has 4 aromatic rings. The third-order valence-electron chi connectivity index (χ3n) is 5.59. The van der Waals surface area contributed by atoms with Gasteiger partial charge in [0.1, 0.15) is 17.3 Å². The number of nitrogens with one attached hydrogen (secondary N) is 1. The third-order valence-corrected chi connectivity index (χ3v) is 5.59. The van der Waals surface area contributed by atoms with Gasteiger partial charge in [-0.15, -0.1) is 0 Å². The van der Waals surface area contributed by atoms with E-state index >= 15 is 0 Å². The van der Waals surface area contributed by atoms with Crippen molar-refractivity contribution in [3.63, 3.8) is 0 Å². The minimum Gasteiger partial charge on any atom is -0.493 e. The van der Waals surface area contributed by atoms with Gasteiger partial charge in [0.2, 0.25) is 5.91 Å². The number of methoxy groups -OCH3 is 2. The van der Waals surface area contributed by atoms with E-state index in [0.29, 0.717) is 53.4 Å². The molecule has 9 heteroatoms. The summed E-state index contributed by atoms with van der Waals surface area (Å²) >= 11 is 0. The Labute approximate surface area is 207 Å². The molecule has 0 aliphatic rings. The van der Waals surface area contributed by atoms with Gasteiger partial charge in [-0.25, -0.2) is 9.37 Å². The Morgan fingerprint density at radius 1 is 0.972 bits per heavy atom. The number of fused-ring (bicyclic) bond motifs is 1. The standard InChI is InChI=1S/C27H26FN3O5/c1-34-24-14-22-23(15-25(24)35-2)30-17-31(27(22)33)13-3-4-26(32)29-16-18-5-9-20(10-6-18)36-21-11-7-19(28)8-12-21/h5-12,14-15,17H,3-4,13,16H2,1-2H3,(H,29,32). The molecule has 186 valence electrons. The molecule has 0 saturated carbocycles. The zero-order valence-corrected chi connectivity index (χ0v) is 20.0. The van der Waals surface area contributed by atoms with Crippen molar-refractivity contribution in [3.8, 4) is 23.0 Å². The summed E-state index contributed by atoms with van der Waals surface area (Å²) in [6, 6.07) is 16.3. The Kier molecular flexibility index (Phi) is 7.79. The molecule has 0 fully saturated rings. The molecule has 0 spiro atoms. The van der Waals surface area contributed by atoms with Crippen LogP contribution in [-0.4, -0.2) is 29.7 Å². The Balaban J connectivity index is 1.27. The van der Waals surface area contributed by atoms with Gasteiger partial charge in [0.25, 0.3) is 5.56 Å². The van der Waals surface area contributed by atoms with E-state index in [1.54, 1.807) is 36.4 Å². The van der Waals surface area contributed by atoms with Gasteiger partial charge in [0.15, 0.2) is 11.5 Å². The Morgan fingerprint density at radius 3 is 2.28 bits per heavy atom. The van der Waals surface area contributed by atoms with Gasteiger partial charge in [-0.3, -0.25) is 14.2 Å². The minimum atomic E-state index is -0.323. The molecule has 0 bridgehead atoms. The second kappa shape index (κ2) is 11.4. The quantitative estimate of drug-likeness (QED) is 0.353. The highest BCUT2D eigenvalue weighted by Crippen LogP contribution is 2.29. The fourth-order valence-corrected chi connectivity index (χ4v) is 3.66. The molecule has 0 saturated heterocycles. The van der Waals surface area contributed by atoms with Gasteiger partial charge in [0, 0.05) is 25.6 Å². The first-order valence-corrected chi connectivity index (χ1v) is 11.4. The second-order valence-electron chi connectivity index (χ2n) is 8.05. The summed E-state index contributed by atoms with van der Waals surface area (Å²) in [7, 11) is 3.03. The highest BCUT2D eigenvalue weighted by molar-refractivity contribution is 5.81. The van der Waals surface area contributed by atoms with Crippen molar-refractivity contribution in [2.75, 3.05) is 14.2 Å². The minimum absolute atomic E-state index is 0.116. The smallest absolute Gasteiger partial charge is 0.261 e. The number of hydrogen-bond donors (Lipinski definition) is 1. The SMILES string of the molecule is COc1cc2ncn(CCCC(=O)NCc3ccc(Oc4ccc(F)cc4)cc3)c(=O)c2cc1OC. The van der Waals surface area contributed by atoms with Gasteiger partial charge in [0.05, 0.1) is 31.4 Å². The average molecular weight is 492 g/mol. The first kappa shape index (κ1) is 24.7. The predicted octanol–water partition coefficient (Wildman–Crippen LogP) is 4.44. The zero-order chi connectivity index (χ0) is 25.5. The maximum atomic E-state index is 13.0. The lowest BCUT2D eigenvalue weighted by Gasteiger charge is -2.11. The maximum absolute atomic E-state index is 13.0. The number of carbonyl (C=O) groups is 1. The van der Waals surface area contributed by atoms with E-state index in [1.807, 2.05) is 12.1 Å². The van der Waals surface area contributed by atoms with Crippen LogP contribution in [0.25, 0.3) is 10.9 Å². The molecule has 1 heterocycles. The van der Waals surface area contributed by atoms with Crippen LogP contribution in [0.1, 0.15) is 18.4 Å². The molecule has 0 aliphatic carbocycles. The van der Waals surface area contributed by atoms with Gasteiger partial charge in [-0.1, -0.05) is 12.1 Å². The average Bonchev–Trinajstić information content (AvgIpc) is 2.90. The van der Waals surface area contributed by atoms with Gasteiger partial charge in [-0.2, -0.15) is 0 Å². The number of ether oxygens (including phenoxy) is 3. The van der Waals surface area contributed by atoms with E-state index < -0.39 is 0 Å². The molecule has 1 amide bonds. The summed E-state index contributed by atoms with van der Waals surface area (Å²) in [5.41, 5.74) is 1.22. The number of amides is 1. The molecule has 1 aromatic heterocycles. The van der Waals surface area contributed by atoms with E-state index in [4.69, 9.17) is 14.2 Å². The molecule has 1 N–H and O–H groups in total. The second-order valence-corrected chi connectivity index (χ2v) is 8.05. The van der Waals surface area contributed by atoms with Crippen LogP contribution in [-0.2, 0) is 17.9 Å². The largest absolute Gasteiger partial charge is 0.493 e. The van der Waals surface area contributed by atoms with E-state index in [2.05, 4.69) is 10.3 Å². The van der Waals surface area contributed by atoms with E-state index in [0.717, 1.165) is 5.56 Å². The van der Waals surface area contributed by atoms with Crippen molar-refractivity contribution >= 4 is 16.8 Å². The van der Waals surface area contributed by atoms with Crippen LogP contribution in [0.2, 0.25) is 0 Å². The van der Waals surface area contributed by atoms with Crippen LogP contribution < -0.4 is 25.1 Å². The fraction of sp³-hybridized carbons (Fsp3) is 0.222. The molecule has 4 rings (SSSR count). The molecule has 0 aliphatic heterocycles. The zero-order valence-electron chi connectivity index (χ0n) is 20.0. The molecule has 36 heavy (non-hydrogen) atoms. The summed E-state index contributed by atoms with van der Waals surface area (Å²) < 4.78 is 30.7. The van der Waals surface area contributed by atoms with Crippen molar-refractivity contribution in [3.05, 3.63) is 88.7 Å². The van der Waals surface area contributed by atoms with E-state index in [-0.39, 0.29) is 23.7 Å². The maximum Gasteiger partial charge on any atom is 0.261 e. The molecule has 0 radical (unpaired) electrons. The number of aryl methyl sites for hydroxylation is 1. The van der Waals surface area contributed by atoms with Crippen molar-refractivity contribution in [1.82, 2.24) is 14.9 Å². The molecule has 8 nitrogen and oxygen atoms in total. The number of rotatable bonds is 10. The number of nitrogens with zero attached hydrogens (tertiary/aromatic N) is 2. The van der Waals surface area contributed by atoms with Crippen LogP contribution in [0, 0.1) is 5.82 Å². The first-order chi connectivity index (χ1) is 17.5. The van der Waals surface area contributed by atoms with Crippen LogP contribution in [0.3, 0.4) is 0 Å². The summed E-state index contributed by atoms with van der Waals surface area (Å²) in [4.78, 5) is 29.5. The Morgan fingerprint density at radius 2 is 1.61 bits per heavy atom. The van der Waals surface area contributed by atoms with Crippen LogP contribution in [0.15, 0.2) is 71.8 Å². The summed E-state index contributed by atoms with van der Waals surface area (Å²) in [6.45, 7) is 0.730. The van der Waals surface area contributed by atoms with Crippen molar-refractivity contribution in [2.45, 2.75) is 25.9 Å². The first-order valence-electron chi connectivity index (χ1n) is 11.4. The van der Waals surface area contributed by atoms with Crippen LogP contribution in [0.5, 0.6) is 23.0 Å². The van der Waals surface area contributed by atoms with Crippen molar-refractivity contribution in [2.24, 2.45) is 0 Å². The number of hydrogen-bond acceptors (Lipinski definition) is 6. The van der Waals surface area contributed by atoms with Crippen LogP contribution in [0.4, 0.5) is 4.39 Å². The number of aromatic nitrogens is 2. The molecular formula is C27H26FN3O5. The third kappa shape index (κ3) is 5.99. The van der Waals surface area contributed by atoms with Crippen LogP contribution >= 0.6 is 0 Å². The predicted molar refractivity (Wildman–Crippen MR) is 133 cm³/mol. The van der Waals surface area contributed by atoms with Gasteiger partial charge >= 0.3 is 0 Å². The Bertz CT molecular complexity index is 1400.